The summed E-state index contributed by atoms with van der Waals surface area (Å²) in [5, 5.41) is 0. The van der Waals surface area contributed by atoms with Gasteiger partial charge in [-0.2, -0.15) is 0 Å². The third-order valence-corrected chi connectivity index (χ3v) is 4.80. The highest BCUT2D eigenvalue weighted by Gasteiger charge is 2.28. The van der Waals surface area contributed by atoms with Crippen LogP contribution in [0.25, 0.3) is 6.08 Å². The standard InChI is InChI=1S/C23H15BrO4/c1-14-3-2-4-16(11-14)23(26)27-18-9-10-19-20(13-18)28-21(22(19)25)12-15-5-7-17(24)8-6-15/h2-13H,1H3/b21-12-. The first-order chi connectivity index (χ1) is 13.5. The molecule has 1 aliphatic rings. The van der Waals surface area contributed by atoms with E-state index in [1.807, 2.05) is 37.3 Å². The van der Waals surface area contributed by atoms with Crippen LogP contribution in [0.1, 0.15) is 31.8 Å². The second kappa shape index (κ2) is 7.44. The molecule has 0 aromatic heterocycles. The quantitative estimate of drug-likeness (QED) is 0.306. The van der Waals surface area contributed by atoms with Gasteiger partial charge in [0.2, 0.25) is 5.78 Å². The van der Waals surface area contributed by atoms with Gasteiger partial charge in [0.05, 0.1) is 11.1 Å². The van der Waals surface area contributed by atoms with E-state index in [0.717, 1.165) is 15.6 Å². The Kier molecular flexibility index (Phi) is 4.84. The summed E-state index contributed by atoms with van der Waals surface area (Å²) in [5.41, 5.74) is 2.73. The first-order valence-corrected chi connectivity index (χ1v) is 9.41. The predicted octanol–water partition coefficient (Wildman–Crippen LogP) is 5.59. The average molecular weight is 435 g/mol. The van der Waals surface area contributed by atoms with E-state index in [4.69, 9.17) is 9.47 Å². The largest absolute Gasteiger partial charge is 0.452 e. The summed E-state index contributed by atoms with van der Waals surface area (Å²) >= 11 is 3.38. The zero-order chi connectivity index (χ0) is 19.7. The number of esters is 1. The molecule has 0 unspecified atom stereocenters. The van der Waals surface area contributed by atoms with Gasteiger partial charge in [-0.3, -0.25) is 4.79 Å². The topological polar surface area (TPSA) is 52.6 Å². The van der Waals surface area contributed by atoms with E-state index in [1.54, 1.807) is 42.5 Å². The maximum Gasteiger partial charge on any atom is 0.343 e. The molecule has 0 bridgehead atoms. The van der Waals surface area contributed by atoms with Crippen LogP contribution in [0, 0.1) is 6.92 Å². The second-order valence-electron chi connectivity index (χ2n) is 6.41. The molecule has 3 aromatic rings. The number of carbonyl (C=O) groups excluding carboxylic acids is 2. The summed E-state index contributed by atoms with van der Waals surface area (Å²) in [6.07, 6.45) is 1.69. The lowest BCUT2D eigenvalue weighted by Gasteiger charge is -2.06. The number of aryl methyl sites for hydroxylation is 1. The molecule has 4 rings (SSSR count). The van der Waals surface area contributed by atoms with Crippen LogP contribution < -0.4 is 9.47 Å². The van der Waals surface area contributed by atoms with Crippen LogP contribution in [-0.4, -0.2) is 11.8 Å². The third-order valence-electron chi connectivity index (χ3n) is 4.27. The molecule has 0 fully saturated rings. The summed E-state index contributed by atoms with van der Waals surface area (Å²) in [6, 6.07) is 19.5. The van der Waals surface area contributed by atoms with Crippen LogP contribution in [0.5, 0.6) is 11.5 Å². The van der Waals surface area contributed by atoms with Crippen molar-refractivity contribution < 1.29 is 19.1 Å². The van der Waals surface area contributed by atoms with E-state index in [2.05, 4.69) is 15.9 Å². The molecule has 0 N–H and O–H groups in total. The third kappa shape index (κ3) is 3.75. The zero-order valence-electron chi connectivity index (χ0n) is 14.9. The molecule has 3 aromatic carbocycles. The number of Topliss-reactive ketones (excluding diaryl/α,β-unsaturated/α-hetero) is 1. The summed E-state index contributed by atoms with van der Waals surface area (Å²) in [4.78, 5) is 24.9. The zero-order valence-corrected chi connectivity index (χ0v) is 16.5. The van der Waals surface area contributed by atoms with E-state index >= 15 is 0 Å². The highest BCUT2D eigenvalue weighted by atomic mass is 79.9. The van der Waals surface area contributed by atoms with Gasteiger partial charge in [0.15, 0.2) is 5.76 Å². The van der Waals surface area contributed by atoms with Gasteiger partial charge in [0, 0.05) is 10.5 Å². The molecule has 0 saturated heterocycles. The SMILES string of the molecule is Cc1cccc(C(=O)Oc2ccc3c(c2)O/C(=C\c2ccc(Br)cc2)C3=O)c1. The minimum Gasteiger partial charge on any atom is -0.452 e. The lowest BCUT2D eigenvalue weighted by molar-refractivity contribution is 0.0734. The van der Waals surface area contributed by atoms with Crippen LogP contribution in [0.2, 0.25) is 0 Å². The summed E-state index contributed by atoms with van der Waals surface area (Å²) < 4.78 is 12.1. The molecule has 138 valence electrons. The molecule has 0 aliphatic carbocycles. The molecule has 1 aliphatic heterocycles. The minimum atomic E-state index is -0.460. The molecule has 0 radical (unpaired) electrons. The number of rotatable bonds is 3. The average Bonchev–Trinajstić information content (AvgIpc) is 2.98. The summed E-state index contributed by atoms with van der Waals surface area (Å²) in [7, 11) is 0. The van der Waals surface area contributed by atoms with Gasteiger partial charge in [-0.1, -0.05) is 45.8 Å². The smallest absolute Gasteiger partial charge is 0.343 e. The van der Waals surface area contributed by atoms with Gasteiger partial charge in [-0.05, 0) is 55.0 Å². The van der Waals surface area contributed by atoms with Crippen molar-refractivity contribution in [3.05, 3.63) is 99.2 Å². The number of allylic oxidation sites excluding steroid dienone is 1. The molecule has 0 amide bonds. The Hall–Kier alpha value is -3.18. The van der Waals surface area contributed by atoms with Gasteiger partial charge in [0.1, 0.15) is 11.5 Å². The van der Waals surface area contributed by atoms with Crippen LogP contribution in [0.15, 0.2) is 77.0 Å². The lowest BCUT2D eigenvalue weighted by atomic mass is 10.1. The van der Waals surface area contributed by atoms with Crippen molar-refractivity contribution in [3.63, 3.8) is 0 Å². The number of hydrogen-bond donors (Lipinski definition) is 0. The Labute approximate surface area is 170 Å². The molecular weight excluding hydrogens is 420 g/mol. The first-order valence-electron chi connectivity index (χ1n) is 8.62. The van der Waals surface area contributed by atoms with E-state index < -0.39 is 5.97 Å². The Balaban J connectivity index is 1.55. The fraction of sp³-hybridized carbons (Fsp3) is 0.0435. The van der Waals surface area contributed by atoms with Crippen molar-refractivity contribution in [1.82, 2.24) is 0 Å². The fourth-order valence-electron chi connectivity index (χ4n) is 2.88. The fourth-order valence-corrected chi connectivity index (χ4v) is 3.14. The number of ether oxygens (including phenoxy) is 2. The highest BCUT2D eigenvalue weighted by Crippen LogP contribution is 2.35. The van der Waals surface area contributed by atoms with Crippen LogP contribution in [0.4, 0.5) is 0 Å². The molecule has 0 saturated carbocycles. The van der Waals surface area contributed by atoms with E-state index in [9.17, 15) is 9.59 Å². The number of hydrogen-bond acceptors (Lipinski definition) is 4. The van der Waals surface area contributed by atoms with Crippen molar-refractivity contribution >= 4 is 33.8 Å². The van der Waals surface area contributed by atoms with E-state index in [0.29, 0.717) is 22.6 Å². The number of carbonyl (C=O) groups is 2. The second-order valence-corrected chi connectivity index (χ2v) is 7.32. The highest BCUT2D eigenvalue weighted by molar-refractivity contribution is 9.10. The van der Waals surface area contributed by atoms with Crippen molar-refractivity contribution in [2.24, 2.45) is 0 Å². The molecule has 0 atom stereocenters. The van der Waals surface area contributed by atoms with Gasteiger partial charge < -0.3 is 9.47 Å². The molecule has 4 nitrogen and oxygen atoms in total. The lowest BCUT2D eigenvalue weighted by Crippen LogP contribution is -2.08. The number of ketones is 1. The van der Waals surface area contributed by atoms with Crippen LogP contribution in [-0.2, 0) is 0 Å². The van der Waals surface area contributed by atoms with Crippen LogP contribution >= 0.6 is 15.9 Å². The maximum atomic E-state index is 12.6. The number of halogens is 1. The first kappa shape index (κ1) is 18.2. The van der Waals surface area contributed by atoms with Crippen molar-refractivity contribution in [1.29, 1.82) is 0 Å². The Bertz CT molecular complexity index is 1110. The number of fused-ring (bicyclic) bond motifs is 1. The monoisotopic (exact) mass is 434 g/mol. The van der Waals surface area contributed by atoms with E-state index in [-0.39, 0.29) is 11.5 Å². The Morgan fingerprint density at radius 2 is 1.82 bits per heavy atom. The molecule has 1 heterocycles. The molecular formula is C23H15BrO4. The minimum absolute atomic E-state index is 0.200. The normalized spacial score (nSPS) is 13.9. The molecule has 0 spiro atoms. The van der Waals surface area contributed by atoms with Crippen molar-refractivity contribution in [2.45, 2.75) is 6.92 Å². The van der Waals surface area contributed by atoms with E-state index in [1.165, 1.54) is 0 Å². The molecule has 5 heteroatoms. The summed E-state index contributed by atoms with van der Waals surface area (Å²) in [5.74, 6) is 0.276. The van der Waals surface area contributed by atoms with Crippen LogP contribution in [0.3, 0.4) is 0 Å². The maximum absolute atomic E-state index is 12.6. The van der Waals surface area contributed by atoms with Crippen molar-refractivity contribution in [3.8, 4) is 11.5 Å². The predicted molar refractivity (Wildman–Crippen MR) is 110 cm³/mol. The van der Waals surface area contributed by atoms with Gasteiger partial charge in [-0.25, -0.2) is 4.79 Å². The Morgan fingerprint density at radius 1 is 1.04 bits per heavy atom. The number of benzene rings is 3. The van der Waals surface area contributed by atoms with Gasteiger partial charge in [-0.15, -0.1) is 0 Å². The Morgan fingerprint density at radius 3 is 2.57 bits per heavy atom. The van der Waals surface area contributed by atoms with Gasteiger partial charge >= 0.3 is 5.97 Å². The summed E-state index contributed by atoms with van der Waals surface area (Å²) in [6.45, 7) is 1.91. The molecule has 28 heavy (non-hydrogen) atoms. The van der Waals surface area contributed by atoms with Crippen molar-refractivity contribution in [2.75, 3.05) is 0 Å². The van der Waals surface area contributed by atoms with Gasteiger partial charge in [0.25, 0.3) is 0 Å².